The van der Waals surface area contributed by atoms with Gasteiger partial charge in [-0.15, -0.1) is 11.3 Å². The molecule has 2 aliphatic heterocycles. The summed E-state index contributed by atoms with van der Waals surface area (Å²) in [5.41, 5.74) is 0.496. The van der Waals surface area contributed by atoms with E-state index in [1.54, 1.807) is 24.3 Å². The molecule has 13 heteroatoms. The van der Waals surface area contributed by atoms with Crippen molar-refractivity contribution in [2.24, 2.45) is 17.8 Å². The second-order valence-corrected chi connectivity index (χ2v) is 16.8. The first-order valence-corrected chi connectivity index (χ1v) is 20.5. The predicted octanol–water partition coefficient (Wildman–Crippen LogP) is 6.01. The second kappa shape index (κ2) is 19.2. The molecule has 1 aromatic carbocycles. The standard InChI is InChI=1S/C41H61N5O7S/c1-9-26(4)35(44-40(52)41-19-13-17-31(46(41)8)18-14-20-41)38(49)45(7)33(25(2)3)23-34(53-28(6)47)37-43-32(24-54-37)36(48)42-30(21-27(5)39(50)51)22-29-15-11-10-12-16-29/h10-12,15-16,24-27,30-31,33-35H,9,13-14,17-23H2,1-8H3,(H,42,48)(H,44,52)(H,50,51). The Bertz CT molecular complexity index is 1590. The van der Waals surface area contributed by atoms with Crippen molar-refractivity contribution in [2.45, 2.75) is 142 Å². The van der Waals surface area contributed by atoms with E-state index in [1.807, 2.05) is 58.0 Å². The highest BCUT2D eigenvalue weighted by atomic mass is 32.1. The summed E-state index contributed by atoms with van der Waals surface area (Å²) >= 11 is 1.19. The van der Waals surface area contributed by atoms with Gasteiger partial charge in [0.05, 0.1) is 5.92 Å². The van der Waals surface area contributed by atoms with Crippen LogP contribution in [0.1, 0.15) is 126 Å². The highest BCUT2D eigenvalue weighted by Gasteiger charge is 2.50. The molecule has 12 nitrogen and oxygen atoms in total. The molecule has 0 spiro atoms. The molecular weight excluding hydrogens is 707 g/mol. The van der Waals surface area contributed by atoms with Crippen molar-refractivity contribution in [1.82, 2.24) is 25.4 Å². The Morgan fingerprint density at radius 3 is 2.26 bits per heavy atom. The molecule has 0 aliphatic carbocycles. The molecule has 1 aromatic heterocycles. The van der Waals surface area contributed by atoms with E-state index in [0.29, 0.717) is 23.9 Å². The number of nitrogens with zero attached hydrogens (tertiary/aromatic N) is 3. The van der Waals surface area contributed by atoms with Crippen LogP contribution in [0, 0.1) is 17.8 Å². The van der Waals surface area contributed by atoms with Crippen LogP contribution in [0.15, 0.2) is 35.7 Å². The van der Waals surface area contributed by atoms with Gasteiger partial charge in [0.1, 0.15) is 22.3 Å². The van der Waals surface area contributed by atoms with Gasteiger partial charge in [-0.3, -0.25) is 28.9 Å². The van der Waals surface area contributed by atoms with Crippen LogP contribution in [-0.2, 0) is 30.3 Å². The molecule has 3 heterocycles. The molecule has 2 saturated heterocycles. The summed E-state index contributed by atoms with van der Waals surface area (Å²) in [5, 5.41) is 17.8. The number of amides is 3. The number of piperidine rings is 2. The number of aliphatic carboxylic acids is 1. The van der Waals surface area contributed by atoms with Crippen molar-refractivity contribution in [3.63, 3.8) is 0 Å². The molecule has 2 aliphatic rings. The number of carboxylic acids is 1. The van der Waals surface area contributed by atoms with E-state index < -0.39 is 53.5 Å². The molecule has 2 bridgehead atoms. The SMILES string of the molecule is CCC(C)C(NC(=O)C12CCCC(CCC1)N2C)C(=O)N(C)C(CC(OC(C)=O)c1nc(C(=O)NC(Cc2ccccc2)CC(C)C(=O)O)cs1)C(C)C. The summed E-state index contributed by atoms with van der Waals surface area (Å²) in [6.07, 6.45) is 6.51. The normalized spacial score (nSPS) is 21.9. The molecule has 0 saturated carbocycles. The summed E-state index contributed by atoms with van der Waals surface area (Å²) in [4.78, 5) is 74.7. The van der Waals surface area contributed by atoms with Gasteiger partial charge in [-0.05, 0) is 75.8 Å². The molecule has 6 unspecified atom stereocenters. The number of carbonyl (C=O) groups excluding carboxylic acids is 4. The third-order valence-corrected chi connectivity index (χ3v) is 12.7. The lowest BCUT2D eigenvalue weighted by Crippen LogP contribution is -2.67. The number of esters is 1. The maximum Gasteiger partial charge on any atom is 0.306 e. The Labute approximate surface area is 324 Å². The van der Waals surface area contributed by atoms with Crippen LogP contribution in [0.3, 0.4) is 0 Å². The highest BCUT2D eigenvalue weighted by molar-refractivity contribution is 7.09. The predicted molar refractivity (Wildman–Crippen MR) is 209 cm³/mol. The lowest BCUT2D eigenvalue weighted by molar-refractivity contribution is -0.150. The van der Waals surface area contributed by atoms with Crippen LogP contribution in [0.25, 0.3) is 0 Å². The van der Waals surface area contributed by atoms with E-state index in [-0.39, 0.29) is 42.2 Å². The minimum absolute atomic E-state index is 0.0508. The number of ether oxygens (including phenoxy) is 1. The van der Waals surface area contributed by atoms with Gasteiger partial charge in [-0.25, -0.2) is 4.98 Å². The van der Waals surface area contributed by atoms with Crippen molar-refractivity contribution < 1.29 is 33.8 Å². The fraction of sp³-hybridized carbons (Fsp3) is 0.659. The second-order valence-electron chi connectivity index (χ2n) is 15.9. The van der Waals surface area contributed by atoms with Gasteiger partial charge in [0.25, 0.3) is 5.91 Å². The fourth-order valence-electron chi connectivity index (χ4n) is 8.26. The number of rotatable bonds is 18. The van der Waals surface area contributed by atoms with Crippen LogP contribution in [0.4, 0.5) is 0 Å². The number of carbonyl (C=O) groups is 5. The number of benzene rings is 1. The molecule has 3 N–H and O–H groups in total. The Kier molecular flexibility index (Phi) is 15.2. The summed E-state index contributed by atoms with van der Waals surface area (Å²) in [5.74, 6) is -3.02. The van der Waals surface area contributed by atoms with Crippen LogP contribution in [0.2, 0.25) is 0 Å². The van der Waals surface area contributed by atoms with Crippen molar-refractivity contribution in [1.29, 1.82) is 0 Å². The number of fused-ring (bicyclic) bond motifs is 2. The van der Waals surface area contributed by atoms with Gasteiger partial charge < -0.3 is 25.4 Å². The van der Waals surface area contributed by atoms with E-state index in [0.717, 1.165) is 44.1 Å². The van der Waals surface area contributed by atoms with Gasteiger partial charge >= 0.3 is 11.9 Å². The lowest BCUT2D eigenvalue weighted by Gasteiger charge is -2.52. The largest absolute Gasteiger partial charge is 0.481 e. The van der Waals surface area contributed by atoms with E-state index in [2.05, 4.69) is 27.6 Å². The maximum atomic E-state index is 14.4. The van der Waals surface area contributed by atoms with Gasteiger partial charge in [0.15, 0.2) is 6.10 Å². The maximum absolute atomic E-state index is 14.4. The van der Waals surface area contributed by atoms with Crippen molar-refractivity contribution >= 4 is 41.0 Å². The first kappa shape index (κ1) is 42.9. The van der Waals surface area contributed by atoms with E-state index >= 15 is 0 Å². The summed E-state index contributed by atoms with van der Waals surface area (Å²) in [7, 11) is 3.79. The smallest absolute Gasteiger partial charge is 0.306 e. The topological polar surface area (TPSA) is 158 Å². The van der Waals surface area contributed by atoms with Gasteiger partial charge in [0, 0.05) is 43.9 Å². The number of nitrogens with one attached hydrogen (secondary N) is 2. The Hall–Kier alpha value is -3.84. The fourth-order valence-corrected chi connectivity index (χ4v) is 9.10. The molecule has 4 rings (SSSR count). The quantitative estimate of drug-likeness (QED) is 0.155. The zero-order valence-corrected chi connectivity index (χ0v) is 34.1. The average molecular weight is 768 g/mol. The summed E-state index contributed by atoms with van der Waals surface area (Å²) < 4.78 is 5.81. The molecular formula is C41H61N5O7S. The zero-order valence-electron chi connectivity index (χ0n) is 33.3. The molecule has 2 fully saturated rings. The van der Waals surface area contributed by atoms with Gasteiger partial charge in [-0.1, -0.05) is 71.4 Å². The third-order valence-electron chi connectivity index (χ3n) is 11.8. The number of aromatic nitrogens is 1. The number of carboxylic acid groups (broad SMARTS) is 1. The first-order valence-electron chi connectivity index (χ1n) is 19.6. The zero-order chi connectivity index (χ0) is 39.7. The molecule has 298 valence electrons. The molecule has 2 aromatic rings. The van der Waals surface area contributed by atoms with E-state index in [1.165, 1.54) is 18.3 Å². The third kappa shape index (κ3) is 10.5. The number of hydrogen-bond donors (Lipinski definition) is 3. The molecule has 6 atom stereocenters. The Balaban J connectivity index is 1.52. The van der Waals surface area contributed by atoms with Crippen LogP contribution in [-0.4, -0.2) is 93.4 Å². The molecule has 54 heavy (non-hydrogen) atoms. The number of likely N-dealkylation sites (N-methyl/N-ethyl adjacent to an activating group) is 2. The number of thiazole rings is 1. The van der Waals surface area contributed by atoms with Crippen LogP contribution < -0.4 is 10.6 Å². The van der Waals surface area contributed by atoms with E-state index in [4.69, 9.17) is 4.74 Å². The van der Waals surface area contributed by atoms with E-state index in [9.17, 15) is 29.1 Å². The summed E-state index contributed by atoms with van der Waals surface area (Å²) in [6, 6.07) is 8.36. The minimum Gasteiger partial charge on any atom is -0.481 e. The average Bonchev–Trinajstić information content (AvgIpc) is 3.62. The molecule has 0 radical (unpaired) electrons. The van der Waals surface area contributed by atoms with Crippen molar-refractivity contribution in [3.05, 3.63) is 52.0 Å². The monoisotopic (exact) mass is 767 g/mol. The minimum atomic E-state index is -0.942. The Morgan fingerprint density at radius 2 is 1.69 bits per heavy atom. The number of hydrogen-bond acceptors (Lipinski definition) is 9. The van der Waals surface area contributed by atoms with Crippen LogP contribution >= 0.6 is 11.3 Å². The van der Waals surface area contributed by atoms with Crippen LogP contribution in [0.5, 0.6) is 0 Å². The highest BCUT2D eigenvalue weighted by Crippen LogP contribution is 2.41. The van der Waals surface area contributed by atoms with Gasteiger partial charge in [0.2, 0.25) is 11.8 Å². The van der Waals surface area contributed by atoms with Gasteiger partial charge in [-0.2, -0.15) is 0 Å². The first-order chi connectivity index (χ1) is 25.6. The van der Waals surface area contributed by atoms with Crippen molar-refractivity contribution in [3.8, 4) is 0 Å². The lowest BCUT2D eigenvalue weighted by atomic mass is 9.73. The Morgan fingerprint density at radius 1 is 1.04 bits per heavy atom. The molecule has 3 amide bonds. The van der Waals surface area contributed by atoms with Crippen molar-refractivity contribution in [2.75, 3.05) is 14.1 Å². The summed E-state index contributed by atoms with van der Waals surface area (Å²) in [6.45, 7) is 10.9.